The van der Waals surface area contributed by atoms with E-state index in [1.165, 1.54) is 4.52 Å². The number of esters is 1. The summed E-state index contributed by atoms with van der Waals surface area (Å²) >= 11 is 0. The Morgan fingerprint density at radius 1 is 1.12 bits per heavy atom. The largest absolute Gasteiger partial charge is 0.462 e. The molecule has 3 rings (SSSR count). The highest BCUT2D eigenvalue weighted by molar-refractivity contribution is 7.47. The van der Waals surface area contributed by atoms with Gasteiger partial charge in [0.05, 0.1) is 12.3 Å². The number of carbonyl (C=O) groups is 3. The molecule has 2 aromatic heterocycles. The number of aromatic nitrogens is 3. The van der Waals surface area contributed by atoms with Gasteiger partial charge in [-0.05, 0) is 60.7 Å². The highest BCUT2D eigenvalue weighted by Crippen LogP contribution is 2.52. The van der Waals surface area contributed by atoms with Crippen molar-refractivity contribution in [3.05, 3.63) is 23.5 Å². The second kappa shape index (κ2) is 8.65. The fraction of sp³-hybridized carbons (Fsp3) is 0.571. The third-order valence-electron chi connectivity index (χ3n) is 4.10. The summed E-state index contributed by atoms with van der Waals surface area (Å²) in [6.45, 7) is 11.7. The monoisotopic (exact) mass is 464 g/mol. The van der Waals surface area contributed by atoms with E-state index in [0.717, 1.165) is 20.4 Å². The third kappa shape index (κ3) is 5.54. The first kappa shape index (κ1) is 23.9. The first-order valence-corrected chi connectivity index (χ1v) is 11.6. The molecule has 2 amide bonds. The van der Waals surface area contributed by atoms with E-state index in [-0.39, 0.29) is 23.6 Å². The minimum Gasteiger partial charge on any atom is -0.462 e. The topological polar surface area (TPSA) is 112 Å². The van der Waals surface area contributed by atoms with Gasteiger partial charge >= 0.3 is 18.2 Å². The van der Waals surface area contributed by atoms with E-state index in [1.807, 2.05) is 6.07 Å². The van der Waals surface area contributed by atoms with Gasteiger partial charge in [-0.1, -0.05) is 0 Å². The van der Waals surface area contributed by atoms with E-state index in [2.05, 4.69) is 10.1 Å². The van der Waals surface area contributed by atoms with Crippen molar-refractivity contribution >= 4 is 38.2 Å². The van der Waals surface area contributed by atoms with Crippen molar-refractivity contribution in [2.24, 2.45) is 0 Å². The molecule has 1 aliphatic rings. The fourth-order valence-electron chi connectivity index (χ4n) is 2.80. The average Bonchev–Trinajstić information content (AvgIpc) is 3.40. The van der Waals surface area contributed by atoms with Gasteiger partial charge < -0.3 is 14.2 Å². The zero-order chi connectivity index (χ0) is 23.8. The summed E-state index contributed by atoms with van der Waals surface area (Å²) in [4.78, 5) is 44.2. The van der Waals surface area contributed by atoms with Crippen molar-refractivity contribution in [1.29, 1.82) is 0 Å². The van der Waals surface area contributed by atoms with Crippen LogP contribution in [0.15, 0.2) is 12.3 Å². The molecule has 0 spiro atoms. The number of imide groups is 1. The molecule has 2 atom stereocenters. The van der Waals surface area contributed by atoms with E-state index in [9.17, 15) is 14.4 Å². The van der Waals surface area contributed by atoms with E-state index in [0.29, 0.717) is 10.6 Å². The minimum atomic E-state index is -1.02. The van der Waals surface area contributed by atoms with Crippen molar-refractivity contribution in [3.8, 4) is 0 Å². The van der Waals surface area contributed by atoms with Gasteiger partial charge in [0.2, 0.25) is 0 Å². The molecule has 10 nitrogen and oxygen atoms in total. The number of hydrogen-bond donors (Lipinski definition) is 0. The molecule has 1 saturated heterocycles. The second-order valence-corrected chi connectivity index (χ2v) is 10.8. The number of nitrogens with zero attached hydrogens (tertiary/aromatic N) is 4. The predicted molar refractivity (Wildman–Crippen MR) is 120 cm³/mol. The molecule has 174 valence electrons. The number of amides is 2. The lowest BCUT2D eigenvalue weighted by Gasteiger charge is -2.27. The summed E-state index contributed by atoms with van der Waals surface area (Å²) in [5, 5.41) is 4.32. The maximum Gasteiger partial charge on any atom is 0.425 e. The van der Waals surface area contributed by atoms with E-state index < -0.39 is 29.4 Å². The number of fused-ring (bicyclic) bond motifs is 1. The van der Waals surface area contributed by atoms with E-state index in [4.69, 9.17) is 14.2 Å². The Morgan fingerprint density at radius 2 is 1.69 bits per heavy atom. The van der Waals surface area contributed by atoms with Crippen LogP contribution >= 0.6 is 8.58 Å². The van der Waals surface area contributed by atoms with Gasteiger partial charge in [-0.25, -0.2) is 23.9 Å². The molecule has 0 bridgehead atoms. The number of carbonyl (C=O) groups excluding carboxylic acids is 3. The Kier molecular flexibility index (Phi) is 6.47. The van der Waals surface area contributed by atoms with Crippen LogP contribution in [0.1, 0.15) is 70.2 Å². The van der Waals surface area contributed by atoms with Gasteiger partial charge in [-0.15, -0.1) is 13.7 Å². The summed E-state index contributed by atoms with van der Waals surface area (Å²) in [5.41, 5.74) is -0.535. The van der Waals surface area contributed by atoms with Crippen LogP contribution in [0.2, 0.25) is 0 Å². The van der Waals surface area contributed by atoms with Crippen LogP contribution < -0.4 is 4.90 Å². The average molecular weight is 464 g/mol. The van der Waals surface area contributed by atoms with Crippen molar-refractivity contribution < 1.29 is 28.6 Å². The Bertz CT molecular complexity index is 1020. The van der Waals surface area contributed by atoms with Gasteiger partial charge in [0, 0.05) is 11.9 Å². The van der Waals surface area contributed by atoms with Crippen LogP contribution in [-0.4, -0.2) is 56.7 Å². The number of anilines is 1. The van der Waals surface area contributed by atoms with Crippen LogP contribution in [0.3, 0.4) is 0 Å². The molecular weight excluding hydrogens is 435 g/mol. The Labute approximate surface area is 188 Å². The van der Waals surface area contributed by atoms with Crippen LogP contribution in [0.5, 0.6) is 0 Å². The van der Waals surface area contributed by atoms with Crippen molar-refractivity contribution in [3.63, 3.8) is 0 Å². The van der Waals surface area contributed by atoms with Crippen LogP contribution in [0.25, 0.3) is 5.65 Å². The van der Waals surface area contributed by atoms with Gasteiger partial charge in [0.15, 0.2) is 11.5 Å². The summed E-state index contributed by atoms with van der Waals surface area (Å²) in [7, 11) is 0.779. The van der Waals surface area contributed by atoms with Gasteiger partial charge in [0.25, 0.3) is 0 Å². The lowest BCUT2D eigenvalue weighted by atomic mass is 10.2. The molecule has 0 saturated carbocycles. The molecule has 1 aliphatic heterocycles. The SMILES string of the molecule is CCOC(=O)c1c(N(C(=O)OC(C)(C)C)C(=O)OC(C)(C)C)nn2ccc(C3CP3)nc12. The predicted octanol–water partition coefficient (Wildman–Crippen LogP) is 4.32. The Morgan fingerprint density at radius 3 is 2.16 bits per heavy atom. The van der Waals surface area contributed by atoms with Crippen LogP contribution in [0.4, 0.5) is 15.4 Å². The highest BCUT2D eigenvalue weighted by Gasteiger charge is 2.39. The molecule has 1 fully saturated rings. The first-order valence-electron chi connectivity index (χ1n) is 10.4. The highest BCUT2D eigenvalue weighted by atomic mass is 31.1. The normalized spacial score (nSPS) is 16.7. The summed E-state index contributed by atoms with van der Waals surface area (Å²) in [6.07, 6.45) is 0.643. The maximum absolute atomic E-state index is 13.1. The third-order valence-corrected chi connectivity index (χ3v) is 5.21. The zero-order valence-corrected chi connectivity index (χ0v) is 20.4. The van der Waals surface area contributed by atoms with E-state index >= 15 is 0 Å². The quantitative estimate of drug-likeness (QED) is 0.374. The zero-order valence-electron chi connectivity index (χ0n) is 19.4. The summed E-state index contributed by atoms with van der Waals surface area (Å²) < 4.78 is 17.4. The molecule has 0 radical (unpaired) electrons. The van der Waals surface area contributed by atoms with Crippen molar-refractivity contribution in [2.75, 3.05) is 17.7 Å². The van der Waals surface area contributed by atoms with Crippen LogP contribution in [0, 0.1) is 0 Å². The van der Waals surface area contributed by atoms with Crippen molar-refractivity contribution in [1.82, 2.24) is 14.6 Å². The van der Waals surface area contributed by atoms with Gasteiger partial charge in [-0.3, -0.25) is 0 Å². The minimum absolute atomic E-state index is 0.0954. The standard InChI is InChI=1S/C21H29N4O6P/c1-8-29-17(26)14-15-22-12(13-11-32-13)9-10-24(15)23-16(14)25(18(27)30-20(2,3)4)19(28)31-21(5,6)7/h9-10,13,32H,8,11H2,1-7H3. The molecule has 32 heavy (non-hydrogen) atoms. The van der Waals surface area contributed by atoms with Gasteiger partial charge in [0.1, 0.15) is 16.8 Å². The first-order chi connectivity index (χ1) is 14.8. The number of hydrogen-bond acceptors (Lipinski definition) is 8. The number of rotatable bonds is 4. The number of ether oxygens (including phenoxy) is 3. The fourth-order valence-corrected chi connectivity index (χ4v) is 3.50. The molecule has 2 aromatic rings. The molecule has 2 unspecified atom stereocenters. The second-order valence-electron chi connectivity index (χ2n) is 9.30. The lowest BCUT2D eigenvalue weighted by Crippen LogP contribution is -2.44. The lowest BCUT2D eigenvalue weighted by molar-refractivity contribution is 0.0428. The maximum atomic E-state index is 13.1. The van der Waals surface area contributed by atoms with E-state index in [1.54, 1.807) is 54.7 Å². The molecule has 0 aromatic carbocycles. The van der Waals surface area contributed by atoms with Crippen molar-refractivity contribution in [2.45, 2.75) is 65.3 Å². The molecule has 11 heteroatoms. The molecular formula is C21H29N4O6P. The van der Waals surface area contributed by atoms with Crippen LogP contribution in [-0.2, 0) is 14.2 Å². The smallest absolute Gasteiger partial charge is 0.425 e. The Balaban J connectivity index is 2.18. The summed E-state index contributed by atoms with van der Waals surface area (Å²) in [6, 6.07) is 1.81. The van der Waals surface area contributed by atoms with Gasteiger partial charge in [-0.2, -0.15) is 4.90 Å². The molecule has 3 heterocycles. The molecule has 0 N–H and O–H groups in total. The summed E-state index contributed by atoms with van der Waals surface area (Å²) in [5.74, 6) is -1.01. The Hall–Kier alpha value is -2.74. The molecule has 0 aliphatic carbocycles.